The second-order valence-corrected chi connectivity index (χ2v) is 8.27. The molecular weight excluding hydrogens is 398 g/mol. The summed E-state index contributed by atoms with van der Waals surface area (Å²) in [6.45, 7) is 7.99. The molecule has 1 saturated heterocycles. The monoisotopic (exact) mass is 427 g/mol. The average molecular weight is 428 g/mol. The van der Waals surface area contributed by atoms with Gasteiger partial charge in [0.1, 0.15) is 0 Å². The summed E-state index contributed by atoms with van der Waals surface area (Å²) in [6, 6.07) is 17.0. The van der Waals surface area contributed by atoms with E-state index in [0.717, 1.165) is 67.7 Å². The van der Waals surface area contributed by atoms with Crippen molar-refractivity contribution in [2.24, 2.45) is 5.73 Å². The summed E-state index contributed by atoms with van der Waals surface area (Å²) < 4.78 is 2.08. The molecule has 0 spiro atoms. The van der Waals surface area contributed by atoms with E-state index in [1.54, 1.807) is 0 Å². The molecule has 0 aliphatic carbocycles. The van der Waals surface area contributed by atoms with Crippen LogP contribution in [0.5, 0.6) is 0 Å². The molecule has 164 valence electrons. The second kappa shape index (κ2) is 8.98. The highest BCUT2D eigenvalue weighted by Gasteiger charge is 2.16. The van der Waals surface area contributed by atoms with Gasteiger partial charge in [0.25, 0.3) is 0 Å². The van der Waals surface area contributed by atoms with Crippen LogP contribution in [0.4, 0.5) is 17.2 Å². The van der Waals surface area contributed by atoms with Gasteiger partial charge in [0, 0.05) is 68.6 Å². The van der Waals surface area contributed by atoms with Crippen LogP contribution in [0, 0.1) is 6.92 Å². The van der Waals surface area contributed by atoms with Crippen molar-refractivity contribution in [1.29, 1.82) is 0 Å². The van der Waals surface area contributed by atoms with E-state index >= 15 is 0 Å². The van der Waals surface area contributed by atoms with E-state index in [9.17, 15) is 0 Å². The molecule has 0 radical (unpaired) electrons. The Bertz CT molecular complexity index is 1190. The zero-order valence-electron chi connectivity index (χ0n) is 18.4. The topological polar surface area (TPSA) is 74.7 Å². The molecule has 1 aliphatic rings. The quantitative estimate of drug-likeness (QED) is 0.490. The number of nitrogens with one attached hydrogen (secondary N) is 1. The third-order valence-electron chi connectivity index (χ3n) is 6.05. The Labute approximate surface area is 188 Å². The van der Waals surface area contributed by atoms with Gasteiger partial charge in [-0.2, -0.15) is 0 Å². The molecule has 2 aromatic carbocycles. The van der Waals surface area contributed by atoms with Gasteiger partial charge in [0.05, 0.1) is 11.9 Å². The minimum absolute atomic E-state index is 0.726. The number of nitrogens with zero attached hydrogens (tertiary/aromatic N) is 5. The maximum Gasteiger partial charge on any atom is 0.180 e. The molecule has 32 heavy (non-hydrogen) atoms. The maximum atomic E-state index is 5.68. The highest BCUT2D eigenvalue weighted by molar-refractivity contribution is 5.74. The van der Waals surface area contributed by atoms with Gasteiger partial charge in [-0.1, -0.05) is 23.8 Å². The first-order valence-corrected chi connectivity index (χ1v) is 11.1. The van der Waals surface area contributed by atoms with E-state index in [0.29, 0.717) is 0 Å². The molecule has 0 bridgehead atoms. The standard InChI is InChI=1S/C25H29N7/c1-19-3-2-4-20(17-19)23-18-28-24(25-27-10-12-32(23)25)29-21-5-7-22(8-6-21)31-15-13-30(11-9-26)14-16-31/h2-8,10,12,17-18H,9,11,13-16,26H2,1H3,(H,28,29). The van der Waals surface area contributed by atoms with Crippen LogP contribution in [0.25, 0.3) is 16.9 Å². The van der Waals surface area contributed by atoms with Crippen LogP contribution in [0.3, 0.4) is 0 Å². The number of nitrogens with two attached hydrogens (primary N) is 1. The van der Waals surface area contributed by atoms with Crippen LogP contribution in [0.1, 0.15) is 5.56 Å². The van der Waals surface area contributed by atoms with E-state index in [1.807, 2.05) is 18.6 Å². The lowest BCUT2D eigenvalue weighted by Gasteiger charge is -2.36. The zero-order chi connectivity index (χ0) is 21.9. The number of benzene rings is 2. The number of aromatic nitrogens is 3. The number of fused-ring (bicyclic) bond motifs is 1. The predicted molar refractivity (Wildman–Crippen MR) is 131 cm³/mol. The largest absolute Gasteiger partial charge is 0.369 e. The molecule has 5 rings (SSSR count). The average Bonchev–Trinajstić information content (AvgIpc) is 3.31. The molecule has 4 aromatic rings. The van der Waals surface area contributed by atoms with E-state index in [4.69, 9.17) is 10.7 Å². The molecule has 0 saturated carbocycles. The number of anilines is 3. The van der Waals surface area contributed by atoms with Crippen molar-refractivity contribution in [2.75, 3.05) is 49.5 Å². The second-order valence-electron chi connectivity index (χ2n) is 8.27. The normalized spacial score (nSPS) is 14.8. The molecule has 0 amide bonds. The van der Waals surface area contributed by atoms with Gasteiger partial charge >= 0.3 is 0 Å². The van der Waals surface area contributed by atoms with Gasteiger partial charge in [-0.25, -0.2) is 9.97 Å². The van der Waals surface area contributed by atoms with Gasteiger partial charge < -0.3 is 16.0 Å². The van der Waals surface area contributed by atoms with Crippen molar-refractivity contribution < 1.29 is 0 Å². The molecular formula is C25H29N7. The van der Waals surface area contributed by atoms with Crippen molar-refractivity contribution >= 4 is 22.8 Å². The zero-order valence-corrected chi connectivity index (χ0v) is 18.4. The number of imidazole rings is 1. The summed E-state index contributed by atoms with van der Waals surface area (Å²) in [5, 5.41) is 3.44. The fourth-order valence-corrected chi connectivity index (χ4v) is 4.33. The Balaban J connectivity index is 1.33. The number of piperazine rings is 1. The van der Waals surface area contributed by atoms with Crippen molar-refractivity contribution in [3.8, 4) is 11.3 Å². The molecule has 7 nitrogen and oxygen atoms in total. The molecule has 7 heteroatoms. The minimum Gasteiger partial charge on any atom is -0.369 e. The maximum absolute atomic E-state index is 5.68. The Kier molecular flexibility index (Phi) is 5.75. The fraction of sp³-hybridized carbons (Fsp3) is 0.280. The molecule has 3 N–H and O–H groups in total. The van der Waals surface area contributed by atoms with E-state index < -0.39 is 0 Å². The van der Waals surface area contributed by atoms with Crippen LogP contribution in [-0.2, 0) is 0 Å². The lowest BCUT2D eigenvalue weighted by Crippen LogP contribution is -2.47. The van der Waals surface area contributed by atoms with Gasteiger partial charge in [-0.15, -0.1) is 0 Å². The van der Waals surface area contributed by atoms with Gasteiger partial charge in [-0.3, -0.25) is 9.30 Å². The SMILES string of the molecule is Cc1cccc(-c2cnc(Nc3ccc(N4CCN(CCN)CC4)cc3)c3nccn23)c1. The van der Waals surface area contributed by atoms with Gasteiger partial charge in [0.2, 0.25) is 0 Å². The number of hydrogen-bond acceptors (Lipinski definition) is 6. The highest BCUT2D eigenvalue weighted by atomic mass is 15.3. The first-order valence-electron chi connectivity index (χ1n) is 11.1. The summed E-state index contributed by atoms with van der Waals surface area (Å²) in [7, 11) is 0. The number of rotatable bonds is 6. The highest BCUT2D eigenvalue weighted by Crippen LogP contribution is 2.27. The number of aryl methyl sites for hydroxylation is 1. The number of hydrogen-bond donors (Lipinski definition) is 2. The van der Waals surface area contributed by atoms with Crippen molar-refractivity contribution in [3.05, 3.63) is 72.7 Å². The van der Waals surface area contributed by atoms with Crippen molar-refractivity contribution in [2.45, 2.75) is 6.92 Å². The summed E-state index contributed by atoms with van der Waals surface area (Å²) in [5.41, 5.74) is 12.1. The molecule has 2 aromatic heterocycles. The Morgan fingerprint density at radius 3 is 2.56 bits per heavy atom. The summed E-state index contributed by atoms with van der Waals surface area (Å²) in [6.07, 6.45) is 5.70. The van der Waals surface area contributed by atoms with Crippen molar-refractivity contribution in [1.82, 2.24) is 19.3 Å². The van der Waals surface area contributed by atoms with Gasteiger partial charge in [0.15, 0.2) is 11.5 Å². The Hall–Kier alpha value is -3.42. The first kappa shape index (κ1) is 20.5. The van der Waals surface area contributed by atoms with Crippen molar-refractivity contribution in [3.63, 3.8) is 0 Å². The van der Waals surface area contributed by atoms with Gasteiger partial charge in [-0.05, 0) is 37.3 Å². The minimum atomic E-state index is 0.726. The van der Waals surface area contributed by atoms with Crippen LogP contribution in [0.15, 0.2) is 67.1 Å². The lowest BCUT2D eigenvalue weighted by molar-refractivity contribution is 0.265. The lowest BCUT2D eigenvalue weighted by atomic mass is 10.1. The first-order chi connectivity index (χ1) is 15.7. The fourth-order valence-electron chi connectivity index (χ4n) is 4.33. The van der Waals surface area contributed by atoms with Crippen LogP contribution in [-0.4, -0.2) is 58.5 Å². The molecule has 0 atom stereocenters. The Morgan fingerprint density at radius 2 is 1.81 bits per heavy atom. The third-order valence-corrected chi connectivity index (χ3v) is 6.05. The molecule has 0 unspecified atom stereocenters. The smallest absolute Gasteiger partial charge is 0.180 e. The van der Waals surface area contributed by atoms with Crippen LogP contribution < -0.4 is 16.0 Å². The molecule has 1 aliphatic heterocycles. The summed E-state index contributed by atoms with van der Waals surface area (Å²) >= 11 is 0. The summed E-state index contributed by atoms with van der Waals surface area (Å²) in [5.74, 6) is 0.745. The predicted octanol–water partition coefficient (Wildman–Crippen LogP) is 3.53. The summed E-state index contributed by atoms with van der Waals surface area (Å²) in [4.78, 5) is 14.1. The Morgan fingerprint density at radius 1 is 1.00 bits per heavy atom. The van der Waals surface area contributed by atoms with Crippen LogP contribution in [0.2, 0.25) is 0 Å². The third kappa shape index (κ3) is 4.17. The van der Waals surface area contributed by atoms with E-state index in [1.165, 1.54) is 11.3 Å². The molecule has 1 fully saturated rings. The molecule has 3 heterocycles. The van der Waals surface area contributed by atoms with E-state index in [-0.39, 0.29) is 0 Å². The van der Waals surface area contributed by atoms with E-state index in [2.05, 4.69) is 80.0 Å². The van der Waals surface area contributed by atoms with Crippen LogP contribution >= 0.6 is 0 Å².